The number of halogens is 1. The molecule has 0 radical (unpaired) electrons. The molecule has 2 N–H and O–H groups in total. The Bertz CT molecular complexity index is 537. The van der Waals surface area contributed by atoms with E-state index in [1.807, 2.05) is 25.7 Å². The maximum Gasteiger partial charge on any atom is 0.243 e. The number of guanidine groups is 1. The van der Waals surface area contributed by atoms with E-state index >= 15 is 0 Å². The summed E-state index contributed by atoms with van der Waals surface area (Å²) in [7, 11) is 0.0278. The van der Waals surface area contributed by atoms with Crippen LogP contribution in [0.1, 0.15) is 27.2 Å². The molecule has 0 aromatic rings. The molecule has 1 fully saturated rings. The topological polar surface area (TPSA) is 94.1 Å². The van der Waals surface area contributed by atoms with Crippen molar-refractivity contribution in [2.45, 2.75) is 38.5 Å². The molecule has 0 saturated carbocycles. The molecule has 0 aromatic heterocycles. The van der Waals surface area contributed by atoms with E-state index in [-0.39, 0.29) is 42.5 Å². The molecule has 1 heterocycles. The van der Waals surface area contributed by atoms with E-state index in [4.69, 9.17) is 0 Å². The first-order chi connectivity index (χ1) is 10.7. The van der Waals surface area contributed by atoms with Crippen LogP contribution in [-0.4, -0.2) is 81.7 Å². The van der Waals surface area contributed by atoms with Gasteiger partial charge in [-0.3, -0.25) is 4.79 Å². The number of aliphatic imine (C=N–C) groups is 1. The van der Waals surface area contributed by atoms with Crippen LogP contribution in [0.4, 0.5) is 0 Å². The number of amides is 1. The quantitative estimate of drug-likeness (QED) is 0.322. The Morgan fingerprint density at radius 1 is 1.38 bits per heavy atom. The molecular formula is C14H30IN5O3S. The first-order valence-electron chi connectivity index (χ1n) is 7.92. The van der Waals surface area contributed by atoms with Crippen LogP contribution in [0.15, 0.2) is 4.99 Å². The van der Waals surface area contributed by atoms with Gasteiger partial charge >= 0.3 is 0 Å². The summed E-state index contributed by atoms with van der Waals surface area (Å²) in [6, 6.07) is -0.117. The van der Waals surface area contributed by atoms with Gasteiger partial charge in [0.1, 0.15) is 6.54 Å². The standard InChI is InChI=1S/C14H29N5O3S.HI/c1-6-15-14(16-9-13(20)18(4)5)19-8-7-12(10-19)23(21,22)17-11(2)3;/h11-12,17H,6-10H2,1-5H3,(H,15,16);1H. The van der Waals surface area contributed by atoms with Crippen molar-refractivity contribution in [1.29, 1.82) is 0 Å². The van der Waals surface area contributed by atoms with Crippen molar-refractivity contribution in [2.24, 2.45) is 4.99 Å². The van der Waals surface area contributed by atoms with Crippen molar-refractivity contribution in [3.63, 3.8) is 0 Å². The van der Waals surface area contributed by atoms with Crippen LogP contribution < -0.4 is 10.0 Å². The highest BCUT2D eigenvalue weighted by molar-refractivity contribution is 14.0. The molecule has 0 spiro atoms. The van der Waals surface area contributed by atoms with Gasteiger partial charge in [-0.15, -0.1) is 24.0 Å². The Morgan fingerprint density at radius 2 is 2.00 bits per heavy atom. The molecule has 1 aliphatic rings. The number of nitrogens with one attached hydrogen (secondary N) is 2. The van der Waals surface area contributed by atoms with Crippen molar-refractivity contribution < 1.29 is 13.2 Å². The zero-order valence-corrected chi connectivity index (χ0v) is 18.2. The van der Waals surface area contributed by atoms with Crippen molar-refractivity contribution in [2.75, 3.05) is 40.3 Å². The lowest BCUT2D eigenvalue weighted by atomic mass is 10.4. The third-order valence-electron chi connectivity index (χ3n) is 3.48. The van der Waals surface area contributed by atoms with Crippen LogP contribution in [-0.2, 0) is 14.8 Å². The minimum atomic E-state index is -3.33. The molecular weight excluding hydrogens is 445 g/mol. The van der Waals surface area contributed by atoms with Crippen LogP contribution in [0.5, 0.6) is 0 Å². The second-order valence-electron chi connectivity index (χ2n) is 6.13. The highest BCUT2D eigenvalue weighted by atomic mass is 127. The van der Waals surface area contributed by atoms with E-state index in [0.717, 1.165) is 0 Å². The van der Waals surface area contributed by atoms with Gasteiger partial charge in [-0.25, -0.2) is 18.1 Å². The van der Waals surface area contributed by atoms with Gasteiger partial charge in [0, 0.05) is 39.8 Å². The molecule has 1 saturated heterocycles. The number of carbonyl (C=O) groups is 1. The van der Waals surface area contributed by atoms with Crippen LogP contribution in [0.3, 0.4) is 0 Å². The highest BCUT2D eigenvalue weighted by Gasteiger charge is 2.34. The van der Waals surface area contributed by atoms with Gasteiger partial charge in [0.05, 0.1) is 5.25 Å². The molecule has 10 heteroatoms. The first-order valence-corrected chi connectivity index (χ1v) is 9.46. The number of hydrogen-bond donors (Lipinski definition) is 2. The molecule has 0 aliphatic carbocycles. The number of sulfonamides is 1. The van der Waals surface area contributed by atoms with Crippen LogP contribution in [0.2, 0.25) is 0 Å². The number of carbonyl (C=O) groups excluding carboxylic acids is 1. The van der Waals surface area contributed by atoms with Gasteiger partial charge in [0.25, 0.3) is 0 Å². The van der Waals surface area contributed by atoms with Gasteiger partial charge in [-0.1, -0.05) is 0 Å². The number of likely N-dealkylation sites (N-methyl/N-ethyl adjacent to an activating group) is 1. The third kappa shape index (κ3) is 7.09. The number of hydrogen-bond acceptors (Lipinski definition) is 4. The zero-order chi connectivity index (χ0) is 17.6. The van der Waals surface area contributed by atoms with Gasteiger partial charge in [0.15, 0.2) is 5.96 Å². The Hall–Kier alpha value is -0.620. The SMILES string of the molecule is CCNC(=NCC(=O)N(C)C)N1CCC(S(=O)(=O)NC(C)C)C1.I. The van der Waals surface area contributed by atoms with Crippen molar-refractivity contribution in [3.8, 4) is 0 Å². The number of likely N-dealkylation sites (tertiary alicyclic amines) is 1. The maximum absolute atomic E-state index is 12.3. The third-order valence-corrected chi connectivity index (χ3v) is 5.54. The van der Waals surface area contributed by atoms with Crippen LogP contribution >= 0.6 is 24.0 Å². The largest absolute Gasteiger partial charge is 0.357 e. The second-order valence-corrected chi connectivity index (χ2v) is 8.12. The zero-order valence-electron chi connectivity index (χ0n) is 15.1. The summed E-state index contributed by atoms with van der Waals surface area (Å²) in [6.45, 7) is 7.25. The molecule has 0 aromatic carbocycles. The summed E-state index contributed by atoms with van der Waals surface area (Å²) in [5.41, 5.74) is 0. The van der Waals surface area contributed by atoms with E-state index in [9.17, 15) is 13.2 Å². The lowest BCUT2D eigenvalue weighted by Crippen LogP contribution is -2.44. The van der Waals surface area contributed by atoms with E-state index in [0.29, 0.717) is 32.0 Å². The van der Waals surface area contributed by atoms with Crippen molar-refractivity contribution >= 4 is 45.9 Å². The average Bonchev–Trinajstić information content (AvgIpc) is 2.92. The minimum absolute atomic E-state index is 0. The van der Waals surface area contributed by atoms with Crippen molar-refractivity contribution in [3.05, 3.63) is 0 Å². The Labute approximate surface area is 162 Å². The molecule has 0 bridgehead atoms. The average molecular weight is 475 g/mol. The first kappa shape index (κ1) is 23.4. The van der Waals surface area contributed by atoms with Crippen LogP contribution in [0.25, 0.3) is 0 Å². The predicted octanol–water partition coefficient (Wildman–Crippen LogP) is 0.0602. The fourth-order valence-corrected chi connectivity index (χ4v) is 3.95. The summed E-state index contributed by atoms with van der Waals surface area (Å²) in [4.78, 5) is 19.4. The molecule has 142 valence electrons. The summed E-state index contributed by atoms with van der Waals surface area (Å²) >= 11 is 0. The second kappa shape index (κ2) is 10.4. The minimum Gasteiger partial charge on any atom is -0.357 e. The number of rotatable bonds is 6. The van der Waals surface area contributed by atoms with E-state index in [2.05, 4.69) is 15.0 Å². The molecule has 1 unspecified atom stereocenters. The highest BCUT2D eigenvalue weighted by Crippen LogP contribution is 2.16. The van der Waals surface area contributed by atoms with Gasteiger partial charge < -0.3 is 15.1 Å². The molecule has 1 aliphatic heterocycles. The predicted molar refractivity (Wildman–Crippen MR) is 107 cm³/mol. The number of nitrogens with zero attached hydrogens (tertiary/aromatic N) is 3. The Morgan fingerprint density at radius 3 is 2.50 bits per heavy atom. The van der Waals surface area contributed by atoms with Gasteiger partial charge in [-0.05, 0) is 27.2 Å². The molecule has 1 rings (SSSR count). The molecule has 1 amide bonds. The lowest BCUT2D eigenvalue weighted by molar-refractivity contribution is -0.127. The summed E-state index contributed by atoms with van der Waals surface area (Å²) in [5, 5.41) is 2.66. The molecule has 1 atom stereocenters. The molecule has 24 heavy (non-hydrogen) atoms. The normalized spacial score (nSPS) is 18.5. The lowest BCUT2D eigenvalue weighted by Gasteiger charge is -2.22. The monoisotopic (exact) mass is 475 g/mol. The van der Waals surface area contributed by atoms with E-state index < -0.39 is 15.3 Å². The van der Waals surface area contributed by atoms with Crippen LogP contribution in [0, 0.1) is 0 Å². The van der Waals surface area contributed by atoms with Crippen molar-refractivity contribution in [1.82, 2.24) is 19.8 Å². The van der Waals surface area contributed by atoms with E-state index in [1.165, 1.54) is 4.90 Å². The van der Waals surface area contributed by atoms with Gasteiger partial charge in [-0.2, -0.15) is 0 Å². The molecule has 8 nitrogen and oxygen atoms in total. The summed E-state index contributed by atoms with van der Waals surface area (Å²) in [6.07, 6.45) is 0.550. The maximum atomic E-state index is 12.3. The Kier molecular flexibility index (Phi) is 10.1. The smallest absolute Gasteiger partial charge is 0.243 e. The fourth-order valence-electron chi connectivity index (χ4n) is 2.31. The fraction of sp³-hybridized carbons (Fsp3) is 0.857. The van der Waals surface area contributed by atoms with Gasteiger partial charge in [0.2, 0.25) is 15.9 Å². The summed E-state index contributed by atoms with van der Waals surface area (Å²) < 4.78 is 27.2. The Balaban J connectivity index is 0.00000529. The summed E-state index contributed by atoms with van der Waals surface area (Å²) in [5.74, 6) is 0.496. The van der Waals surface area contributed by atoms with E-state index in [1.54, 1.807) is 14.1 Å².